The van der Waals surface area contributed by atoms with Gasteiger partial charge in [-0.05, 0) is 41.2 Å². The summed E-state index contributed by atoms with van der Waals surface area (Å²) in [6.07, 6.45) is 3.85. The molecule has 4 nitrogen and oxygen atoms in total. The van der Waals surface area contributed by atoms with Crippen LogP contribution in [0.1, 0.15) is 5.69 Å². The van der Waals surface area contributed by atoms with E-state index in [2.05, 4.69) is 31.7 Å². The van der Waals surface area contributed by atoms with Gasteiger partial charge in [0.05, 0.1) is 11.4 Å². The Kier molecular flexibility index (Phi) is 3.35. The van der Waals surface area contributed by atoms with E-state index >= 15 is 0 Å². The summed E-state index contributed by atoms with van der Waals surface area (Å²) in [6.45, 7) is 0.785. The van der Waals surface area contributed by atoms with Crippen LogP contribution in [0.2, 0.25) is 0 Å². The molecule has 1 aromatic rings. The lowest BCUT2D eigenvalue weighted by molar-refractivity contribution is 0.0527. The van der Waals surface area contributed by atoms with E-state index in [0.717, 1.165) is 22.4 Å². The average Bonchev–Trinajstić information content (AvgIpc) is 2.68. The Morgan fingerprint density at radius 2 is 2.47 bits per heavy atom. The zero-order valence-corrected chi connectivity index (χ0v) is 9.91. The molecule has 1 aliphatic rings. The zero-order chi connectivity index (χ0) is 10.7. The number of likely N-dealkylation sites (N-methyl/N-ethyl adjacent to an activating group) is 1. The third-order valence-electron chi connectivity index (χ3n) is 2.08. The third kappa shape index (κ3) is 2.56. The lowest BCUT2D eigenvalue weighted by Crippen LogP contribution is -2.24. The predicted octanol–water partition coefficient (Wildman–Crippen LogP) is 1.31. The largest absolute Gasteiger partial charge is 0.317 e. The highest BCUT2D eigenvalue weighted by molar-refractivity contribution is 9.10. The Morgan fingerprint density at radius 3 is 3.13 bits per heavy atom. The Bertz CT molecular complexity index is 363. The van der Waals surface area contributed by atoms with Crippen molar-refractivity contribution in [1.29, 1.82) is 0 Å². The summed E-state index contributed by atoms with van der Waals surface area (Å²) in [6, 6.07) is 3.89. The van der Waals surface area contributed by atoms with E-state index in [0.29, 0.717) is 0 Å². The van der Waals surface area contributed by atoms with Crippen LogP contribution in [0.5, 0.6) is 0 Å². The fourth-order valence-electron chi connectivity index (χ4n) is 1.37. The van der Waals surface area contributed by atoms with Crippen LogP contribution in [0.15, 0.2) is 28.9 Å². The number of hydrogen-bond acceptors (Lipinski definition) is 4. The van der Waals surface area contributed by atoms with E-state index in [-0.39, 0.29) is 6.10 Å². The van der Waals surface area contributed by atoms with Crippen LogP contribution >= 0.6 is 15.9 Å². The van der Waals surface area contributed by atoms with E-state index in [9.17, 15) is 0 Å². The molecule has 2 heterocycles. The molecule has 0 amide bonds. The van der Waals surface area contributed by atoms with Crippen molar-refractivity contribution in [2.75, 3.05) is 13.6 Å². The van der Waals surface area contributed by atoms with Crippen molar-refractivity contribution in [2.24, 2.45) is 0 Å². The second kappa shape index (κ2) is 4.74. The second-order valence-corrected chi connectivity index (χ2v) is 4.17. The second-order valence-electron chi connectivity index (χ2n) is 3.26. The van der Waals surface area contributed by atoms with Gasteiger partial charge in [-0.15, -0.1) is 0 Å². The van der Waals surface area contributed by atoms with Crippen LogP contribution in [-0.4, -0.2) is 24.7 Å². The predicted molar refractivity (Wildman–Crippen MR) is 61.8 cm³/mol. The van der Waals surface area contributed by atoms with E-state index in [1.165, 1.54) is 0 Å². The average molecular weight is 270 g/mol. The number of hydrogen-bond donors (Lipinski definition) is 2. The van der Waals surface area contributed by atoms with E-state index < -0.39 is 0 Å². The lowest BCUT2D eigenvalue weighted by Gasteiger charge is -2.05. The summed E-state index contributed by atoms with van der Waals surface area (Å²) < 4.78 is 0.970. The highest BCUT2D eigenvalue weighted by Gasteiger charge is 2.16. The molecule has 0 unspecified atom stereocenters. The molecule has 0 aliphatic carbocycles. The van der Waals surface area contributed by atoms with Crippen molar-refractivity contribution in [1.82, 2.24) is 15.8 Å². The molecule has 0 fully saturated rings. The summed E-state index contributed by atoms with van der Waals surface area (Å²) in [5.74, 6) is 0. The van der Waals surface area contributed by atoms with Gasteiger partial charge in [0.2, 0.25) is 0 Å². The highest BCUT2D eigenvalue weighted by Crippen LogP contribution is 2.17. The fourth-order valence-corrected chi connectivity index (χ4v) is 1.60. The van der Waals surface area contributed by atoms with Gasteiger partial charge >= 0.3 is 0 Å². The molecule has 1 aliphatic heterocycles. The Balaban J connectivity index is 2.12. The summed E-state index contributed by atoms with van der Waals surface area (Å²) in [5, 5.41) is 3.05. The molecule has 15 heavy (non-hydrogen) atoms. The van der Waals surface area contributed by atoms with Crippen LogP contribution in [0.4, 0.5) is 0 Å². The quantitative estimate of drug-likeness (QED) is 0.869. The minimum absolute atomic E-state index is 0.0652. The van der Waals surface area contributed by atoms with E-state index in [1.807, 2.05) is 25.3 Å². The summed E-state index contributed by atoms with van der Waals surface area (Å²) >= 11 is 3.35. The molecular formula is C10H12BrN3O. The first kappa shape index (κ1) is 10.6. The molecule has 80 valence electrons. The number of hydroxylamine groups is 1. The van der Waals surface area contributed by atoms with Gasteiger partial charge in [-0.25, -0.2) is 0 Å². The van der Waals surface area contributed by atoms with Crippen LogP contribution in [0.25, 0.3) is 5.70 Å². The molecule has 1 aromatic heterocycles. The van der Waals surface area contributed by atoms with Gasteiger partial charge < -0.3 is 5.32 Å². The van der Waals surface area contributed by atoms with Crippen LogP contribution < -0.4 is 10.8 Å². The molecular weight excluding hydrogens is 258 g/mol. The van der Waals surface area contributed by atoms with Crippen LogP contribution in [-0.2, 0) is 4.84 Å². The smallest absolute Gasteiger partial charge is 0.118 e. The fraction of sp³-hybridized carbons (Fsp3) is 0.300. The van der Waals surface area contributed by atoms with Crippen LogP contribution in [0.3, 0.4) is 0 Å². The standard InChI is InChI=1S/C10H12BrN3O/c1-12-6-8-4-10(14-15-8)9-3-2-7(11)5-13-9/h2-5,8,12,14H,6H2,1H3/t8-/m0/s1. The number of nitrogens with one attached hydrogen (secondary N) is 2. The monoisotopic (exact) mass is 269 g/mol. The molecule has 0 spiro atoms. The number of nitrogens with zero attached hydrogens (tertiary/aromatic N) is 1. The first-order valence-corrected chi connectivity index (χ1v) is 5.49. The van der Waals surface area contributed by atoms with Gasteiger partial charge in [0, 0.05) is 17.2 Å². The number of halogens is 1. The number of pyridine rings is 1. The number of rotatable bonds is 3. The SMILES string of the molecule is CNC[C@@H]1C=C(c2ccc(Br)cn2)NO1. The molecule has 2 N–H and O–H groups in total. The zero-order valence-electron chi connectivity index (χ0n) is 8.33. The molecule has 0 radical (unpaired) electrons. The van der Waals surface area contributed by atoms with Crippen molar-refractivity contribution in [3.63, 3.8) is 0 Å². The van der Waals surface area contributed by atoms with Crippen molar-refractivity contribution >= 4 is 21.6 Å². The van der Waals surface area contributed by atoms with Gasteiger partial charge in [0.15, 0.2) is 0 Å². The van der Waals surface area contributed by atoms with Gasteiger partial charge in [-0.3, -0.25) is 15.3 Å². The van der Waals surface area contributed by atoms with E-state index in [4.69, 9.17) is 4.84 Å². The first-order chi connectivity index (χ1) is 7.29. The maximum Gasteiger partial charge on any atom is 0.118 e. The summed E-state index contributed by atoms with van der Waals surface area (Å²) in [5.41, 5.74) is 4.68. The Hall–Kier alpha value is -0.910. The van der Waals surface area contributed by atoms with Crippen molar-refractivity contribution in [3.8, 4) is 0 Å². The molecule has 1 atom stereocenters. The Morgan fingerprint density at radius 1 is 1.60 bits per heavy atom. The minimum atomic E-state index is 0.0652. The normalized spacial score (nSPS) is 19.9. The molecule has 0 bridgehead atoms. The molecule has 0 aromatic carbocycles. The van der Waals surface area contributed by atoms with E-state index in [1.54, 1.807) is 6.20 Å². The summed E-state index contributed by atoms with van der Waals surface area (Å²) in [4.78, 5) is 9.61. The van der Waals surface area contributed by atoms with Gasteiger partial charge in [-0.1, -0.05) is 0 Å². The Labute approximate surface area is 96.8 Å². The molecule has 0 saturated heterocycles. The highest BCUT2D eigenvalue weighted by atomic mass is 79.9. The number of aromatic nitrogens is 1. The molecule has 5 heteroatoms. The van der Waals surface area contributed by atoms with Crippen molar-refractivity contribution in [3.05, 3.63) is 34.6 Å². The summed E-state index contributed by atoms with van der Waals surface area (Å²) in [7, 11) is 1.90. The first-order valence-electron chi connectivity index (χ1n) is 4.69. The maximum atomic E-state index is 5.33. The van der Waals surface area contributed by atoms with Gasteiger partial charge in [0.25, 0.3) is 0 Å². The lowest BCUT2D eigenvalue weighted by atomic mass is 10.2. The van der Waals surface area contributed by atoms with Gasteiger partial charge in [-0.2, -0.15) is 0 Å². The topological polar surface area (TPSA) is 46.2 Å². The van der Waals surface area contributed by atoms with Crippen LogP contribution in [0, 0.1) is 0 Å². The molecule has 2 rings (SSSR count). The maximum absolute atomic E-state index is 5.33. The third-order valence-corrected chi connectivity index (χ3v) is 2.55. The molecule has 0 saturated carbocycles. The van der Waals surface area contributed by atoms with Gasteiger partial charge in [0.1, 0.15) is 6.10 Å². The van der Waals surface area contributed by atoms with Crippen molar-refractivity contribution < 1.29 is 4.84 Å². The minimum Gasteiger partial charge on any atom is -0.317 e. The van der Waals surface area contributed by atoms with Crippen molar-refractivity contribution in [2.45, 2.75) is 6.10 Å².